The number of likely N-dealkylation sites (tertiary alicyclic amines) is 1. The van der Waals surface area contributed by atoms with Crippen molar-refractivity contribution in [3.05, 3.63) is 0 Å². The average molecular weight is 226 g/mol. The van der Waals surface area contributed by atoms with E-state index in [0.29, 0.717) is 13.0 Å². The molecule has 1 heterocycles. The molecule has 0 bridgehead atoms. The molecule has 1 amide bonds. The van der Waals surface area contributed by atoms with E-state index in [9.17, 15) is 4.79 Å². The molecule has 5 nitrogen and oxygen atoms in total. The number of hydrogen-bond acceptors (Lipinski definition) is 4. The topological polar surface area (TPSA) is 84.6 Å². The molecule has 1 unspecified atom stereocenters. The molecule has 0 aromatic carbocycles. The van der Waals surface area contributed by atoms with E-state index in [1.807, 2.05) is 13.8 Å². The average Bonchev–Trinajstić information content (AvgIpc) is 2.65. The maximum atomic E-state index is 12.1. The summed E-state index contributed by atoms with van der Waals surface area (Å²) in [6, 6.07) is 0. The summed E-state index contributed by atoms with van der Waals surface area (Å²) in [6.07, 6.45) is 2.55. The van der Waals surface area contributed by atoms with Crippen molar-refractivity contribution in [3.63, 3.8) is 0 Å². The second-order valence-corrected chi connectivity index (χ2v) is 4.59. The molecule has 1 aliphatic rings. The van der Waals surface area contributed by atoms with Crippen LogP contribution in [0.5, 0.6) is 0 Å². The van der Waals surface area contributed by atoms with Crippen LogP contribution in [0.2, 0.25) is 0 Å². The van der Waals surface area contributed by atoms with Gasteiger partial charge in [-0.1, -0.05) is 13.8 Å². The van der Waals surface area contributed by atoms with E-state index >= 15 is 0 Å². The van der Waals surface area contributed by atoms with Gasteiger partial charge in [0.15, 0.2) is 0 Å². The monoisotopic (exact) mass is 226 g/mol. The van der Waals surface area contributed by atoms with Crippen molar-refractivity contribution >= 4 is 19.2 Å². The van der Waals surface area contributed by atoms with Crippen LogP contribution in [-0.4, -0.2) is 46.7 Å². The van der Waals surface area contributed by atoms with Crippen molar-refractivity contribution in [1.29, 1.82) is 5.41 Å². The smallest absolute Gasteiger partial charge is 0.426 e. The van der Waals surface area contributed by atoms with Crippen LogP contribution in [0.1, 0.15) is 26.7 Å². The molecule has 0 saturated carbocycles. The van der Waals surface area contributed by atoms with E-state index < -0.39 is 19.0 Å². The van der Waals surface area contributed by atoms with Gasteiger partial charge in [0.05, 0.1) is 11.9 Å². The number of nitrogens with one attached hydrogen (secondary N) is 1. The van der Waals surface area contributed by atoms with Crippen molar-refractivity contribution in [1.82, 2.24) is 4.90 Å². The fraction of sp³-hybridized carbons (Fsp3) is 0.800. The van der Waals surface area contributed by atoms with Gasteiger partial charge < -0.3 is 20.4 Å². The Bertz CT molecular complexity index is 271. The highest BCUT2D eigenvalue weighted by Crippen LogP contribution is 2.22. The fourth-order valence-corrected chi connectivity index (χ4v) is 2.12. The minimum absolute atomic E-state index is 0.0575. The Hall–Kier alpha value is -0.875. The summed E-state index contributed by atoms with van der Waals surface area (Å²) in [5.41, 5.74) is 0. The standard InChI is InChI=1S/C10H19BN2O3/c1-7(2)8(6-12)10(14)13-5-3-4-9(13)11(15)16/h6-9,12,15-16H,3-5H2,1-2H3/t8?,9-/m0/s1. The second-order valence-electron chi connectivity index (χ2n) is 4.59. The maximum Gasteiger partial charge on any atom is 0.475 e. The van der Waals surface area contributed by atoms with Gasteiger partial charge in [-0.3, -0.25) is 4.79 Å². The van der Waals surface area contributed by atoms with Crippen LogP contribution in [-0.2, 0) is 4.79 Å². The molecule has 2 atom stereocenters. The number of amides is 1. The van der Waals surface area contributed by atoms with Crippen LogP contribution in [0.25, 0.3) is 0 Å². The summed E-state index contributed by atoms with van der Waals surface area (Å²) in [4.78, 5) is 13.6. The molecule has 1 aliphatic heterocycles. The van der Waals surface area contributed by atoms with Gasteiger partial charge >= 0.3 is 7.12 Å². The molecule has 0 aromatic heterocycles. The number of rotatable bonds is 4. The lowest BCUT2D eigenvalue weighted by molar-refractivity contribution is -0.134. The molecule has 1 rings (SSSR count). The Kier molecular flexibility index (Phi) is 4.50. The first kappa shape index (κ1) is 13.2. The van der Waals surface area contributed by atoms with E-state index in [2.05, 4.69) is 0 Å². The summed E-state index contributed by atoms with van der Waals surface area (Å²) in [6.45, 7) is 4.32. The van der Waals surface area contributed by atoms with Crippen molar-refractivity contribution < 1.29 is 14.8 Å². The zero-order valence-corrected chi connectivity index (χ0v) is 9.76. The Labute approximate surface area is 96.1 Å². The van der Waals surface area contributed by atoms with Crippen LogP contribution in [0.4, 0.5) is 0 Å². The summed E-state index contributed by atoms with van der Waals surface area (Å²) in [5, 5.41) is 25.6. The summed E-state index contributed by atoms with van der Waals surface area (Å²) in [7, 11) is -1.48. The number of carbonyl (C=O) groups is 1. The first-order valence-electron chi connectivity index (χ1n) is 5.66. The van der Waals surface area contributed by atoms with E-state index in [-0.39, 0.29) is 11.8 Å². The van der Waals surface area contributed by atoms with Gasteiger partial charge in [-0.05, 0) is 18.8 Å². The van der Waals surface area contributed by atoms with Crippen molar-refractivity contribution in [2.24, 2.45) is 11.8 Å². The van der Waals surface area contributed by atoms with Gasteiger partial charge in [0, 0.05) is 12.8 Å². The first-order chi connectivity index (χ1) is 7.49. The maximum absolute atomic E-state index is 12.1. The summed E-state index contributed by atoms with van der Waals surface area (Å²) in [5.74, 6) is -1.07. The highest BCUT2D eigenvalue weighted by molar-refractivity contribution is 6.43. The Morgan fingerprint density at radius 3 is 2.62 bits per heavy atom. The van der Waals surface area contributed by atoms with Gasteiger partial charge in [0.2, 0.25) is 5.91 Å². The van der Waals surface area contributed by atoms with Crippen molar-refractivity contribution in [2.45, 2.75) is 32.6 Å². The Balaban J connectivity index is 2.75. The Morgan fingerprint density at radius 2 is 2.19 bits per heavy atom. The van der Waals surface area contributed by atoms with Crippen LogP contribution in [0.3, 0.4) is 0 Å². The molecule has 90 valence electrons. The van der Waals surface area contributed by atoms with Crippen LogP contribution in [0.15, 0.2) is 0 Å². The predicted octanol–water partition coefficient (Wildman–Crippen LogP) is -0.0888. The van der Waals surface area contributed by atoms with Crippen LogP contribution in [0, 0.1) is 17.2 Å². The third-order valence-electron chi connectivity index (χ3n) is 3.11. The van der Waals surface area contributed by atoms with E-state index in [1.54, 1.807) is 0 Å². The fourth-order valence-electron chi connectivity index (χ4n) is 2.12. The molecule has 0 aliphatic carbocycles. The second kappa shape index (κ2) is 5.45. The lowest BCUT2D eigenvalue weighted by Gasteiger charge is -2.28. The molecule has 0 aromatic rings. The lowest BCUT2D eigenvalue weighted by Crippen LogP contribution is -2.48. The Morgan fingerprint density at radius 1 is 1.56 bits per heavy atom. The number of hydrogen-bond donors (Lipinski definition) is 3. The highest BCUT2D eigenvalue weighted by atomic mass is 16.4. The third-order valence-corrected chi connectivity index (χ3v) is 3.11. The normalized spacial score (nSPS) is 22.3. The molecule has 1 fully saturated rings. The SMILES string of the molecule is CC(C)C(C=N)C(=O)N1CCC[C@H]1B(O)O. The highest BCUT2D eigenvalue weighted by Gasteiger charge is 2.39. The molecule has 1 saturated heterocycles. The summed E-state index contributed by atoms with van der Waals surface area (Å²) >= 11 is 0. The zero-order valence-electron chi connectivity index (χ0n) is 9.76. The van der Waals surface area contributed by atoms with Gasteiger partial charge in [-0.15, -0.1) is 0 Å². The molecule has 0 radical (unpaired) electrons. The van der Waals surface area contributed by atoms with Crippen molar-refractivity contribution in [3.8, 4) is 0 Å². The molecular formula is C10H19BN2O3. The van der Waals surface area contributed by atoms with Gasteiger partial charge in [0.1, 0.15) is 0 Å². The van der Waals surface area contributed by atoms with Crippen LogP contribution >= 0.6 is 0 Å². The zero-order chi connectivity index (χ0) is 12.3. The van der Waals surface area contributed by atoms with Gasteiger partial charge in [-0.2, -0.15) is 0 Å². The van der Waals surface area contributed by atoms with Gasteiger partial charge in [0.25, 0.3) is 0 Å². The molecule has 16 heavy (non-hydrogen) atoms. The first-order valence-corrected chi connectivity index (χ1v) is 5.66. The molecular weight excluding hydrogens is 207 g/mol. The van der Waals surface area contributed by atoms with E-state index in [4.69, 9.17) is 15.5 Å². The summed E-state index contributed by atoms with van der Waals surface area (Å²) < 4.78 is 0. The van der Waals surface area contributed by atoms with E-state index in [1.165, 1.54) is 4.90 Å². The number of nitrogens with zero attached hydrogens (tertiary/aromatic N) is 1. The lowest BCUT2D eigenvalue weighted by atomic mass is 9.77. The quantitative estimate of drug-likeness (QED) is 0.462. The predicted molar refractivity (Wildman–Crippen MR) is 62.0 cm³/mol. The van der Waals surface area contributed by atoms with Crippen molar-refractivity contribution in [2.75, 3.05) is 6.54 Å². The molecule has 6 heteroatoms. The minimum atomic E-state index is -1.48. The number of carbonyl (C=O) groups excluding carboxylic acids is 1. The van der Waals surface area contributed by atoms with E-state index in [0.717, 1.165) is 12.6 Å². The van der Waals surface area contributed by atoms with Gasteiger partial charge in [-0.25, -0.2) is 0 Å². The molecule has 3 N–H and O–H groups in total. The third kappa shape index (κ3) is 2.62. The minimum Gasteiger partial charge on any atom is -0.426 e. The molecule has 0 spiro atoms. The largest absolute Gasteiger partial charge is 0.475 e. The van der Waals surface area contributed by atoms with Crippen LogP contribution < -0.4 is 0 Å².